The van der Waals surface area contributed by atoms with Crippen LogP contribution in [0.3, 0.4) is 0 Å². The first-order valence-electron chi connectivity index (χ1n) is 11.2. The lowest BCUT2D eigenvalue weighted by Gasteiger charge is -2.33. The molecule has 3 aromatic rings. The fourth-order valence-corrected chi connectivity index (χ4v) is 7.86. The number of aliphatic hydroxyl groups excluding tert-OH is 1. The number of halogens is 1. The average molecular weight is 474 g/mol. The number of hydrogen-bond donors (Lipinski definition) is 2. The zero-order chi connectivity index (χ0) is 22.4. The van der Waals surface area contributed by atoms with E-state index in [1.54, 1.807) is 19.1 Å². The van der Waals surface area contributed by atoms with E-state index in [-0.39, 0.29) is 17.0 Å². The monoisotopic (exact) mass is 473 g/mol. The van der Waals surface area contributed by atoms with Crippen molar-refractivity contribution in [3.63, 3.8) is 0 Å². The minimum atomic E-state index is -1.12. The van der Waals surface area contributed by atoms with Crippen molar-refractivity contribution < 1.29 is 13.7 Å². The first-order valence-corrected chi connectivity index (χ1v) is 13.3. The second kappa shape index (κ2) is 8.82. The van der Waals surface area contributed by atoms with Crippen molar-refractivity contribution in [2.75, 3.05) is 18.8 Å². The normalized spacial score (nSPS) is 20.3. The third-order valence-corrected chi connectivity index (χ3v) is 10.2. The van der Waals surface area contributed by atoms with Gasteiger partial charge in [0.25, 0.3) is 0 Å². The first-order chi connectivity index (χ1) is 15.4. The fourth-order valence-electron chi connectivity index (χ4n) is 4.64. The number of aliphatic hydroxyl groups is 1. The molecule has 1 saturated carbocycles. The summed E-state index contributed by atoms with van der Waals surface area (Å²) < 4.78 is 27.5. The lowest BCUT2D eigenvalue weighted by atomic mass is 9.90. The van der Waals surface area contributed by atoms with E-state index in [2.05, 4.69) is 11.0 Å². The van der Waals surface area contributed by atoms with Crippen molar-refractivity contribution in [3.05, 3.63) is 41.8 Å². The van der Waals surface area contributed by atoms with Crippen LogP contribution < -0.4 is 5.73 Å². The molecule has 5 rings (SSSR count). The van der Waals surface area contributed by atoms with E-state index < -0.39 is 17.0 Å². The summed E-state index contributed by atoms with van der Waals surface area (Å²) in [5, 5.41) is 10.9. The molecule has 0 amide bonds. The third-order valence-electron chi connectivity index (χ3n) is 6.85. The molecule has 2 fully saturated rings. The Bertz CT molecular complexity index is 1150. The molecular weight excluding hydrogens is 445 g/mol. The first kappa shape index (κ1) is 21.9. The number of anilines is 1. The number of hydrogen-bond acceptors (Lipinski definition) is 6. The Morgan fingerprint density at radius 3 is 2.50 bits per heavy atom. The highest BCUT2D eigenvalue weighted by atomic mass is 32.2. The predicted octanol–water partition coefficient (Wildman–Crippen LogP) is 4.86. The summed E-state index contributed by atoms with van der Waals surface area (Å²) >= 11 is 1.44. The molecule has 1 aromatic carbocycles. The molecule has 3 N–H and O–H groups in total. The fraction of sp³-hybridized carbons (Fsp3) is 0.458. The number of piperidine rings is 1. The molecule has 0 bridgehead atoms. The Labute approximate surface area is 193 Å². The van der Waals surface area contributed by atoms with Crippen LogP contribution in [0.15, 0.2) is 34.5 Å². The third kappa shape index (κ3) is 3.98. The van der Waals surface area contributed by atoms with Gasteiger partial charge in [-0.25, -0.2) is 9.37 Å². The maximum Gasteiger partial charge on any atom is 0.127 e. The van der Waals surface area contributed by atoms with Crippen LogP contribution in [0.5, 0.6) is 0 Å². The van der Waals surface area contributed by atoms with Crippen LogP contribution in [-0.2, 0) is 10.8 Å². The molecule has 1 aliphatic carbocycles. The van der Waals surface area contributed by atoms with Gasteiger partial charge >= 0.3 is 0 Å². The summed E-state index contributed by atoms with van der Waals surface area (Å²) in [4.78, 5) is 7.86. The van der Waals surface area contributed by atoms with E-state index >= 15 is 0 Å². The topological polar surface area (TPSA) is 79.5 Å². The lowest BCUT2D eigenvalue weighted by Crippen LogP contribution is -2.39. The average Bonchev–Trinajstić information content (AvgIpc) is 3.09. The molecule has 2 aromatic heterocycles. The molecule has 0 radical (unpaired) electrons. The highest BCUT2D eigenvalue weighted by Crippen LogP contribution is 2.45. The number of likely N-dealkylation sites (tertiary alicyclic amines) is 1. The standard InChI is InChI=1S/C24H28FN3O2S2/c1-14(29)28-11-9-16(10-12-28)20-13-19(15-5-7-17(25)8-6-15)21-22(26)24(31-23(21)27-20)32(30)18-3-2-4-18/h5-8,13-14,16,18,29H,2-4,9-12,26H2,1H3. The minimum Gasteiger partial charge on any atom is -0.396 e. The Balaban J connectivity index is 1.60. The number of benzene rings is 1. The van der Waals surface area contributed by atoms with Gasteiger partial charge in [0.15, 0.2) is 0 Å². The smallest absolute Gasteiger partial charge is 0.127 e. The van der Waals surface area contributed by atoms with E-state index in [0.29, 0.717) is 5.69 Å². The number of aromatic nitrogens is 1. The van der Waals surface area contributed by atoms with Gasteiger partial charge in [-0.2, -0.15) is 0 Å². The molecule has 1 saturated heterocycles. The zero-order valence-electron chi connectivity index (χ0n) is 18.1. The highest BCUT2D eigenvalue weighted by molar-refractivity contribution is 7.88. The predicted molar refractivity (Wildman–Crippen MR) is 129 cm³/mol. The molecule has 2 unspecified atom stereocenters. The lowest BCUT2D eigenvalue weighted by molar-refractivity contribution is 0.00283. The number of nitrogens with two attached hydrogens (primary N) is 1. The summed E-state index contributed by atoms with van der Waals surface area (Å²) in [7, 11) is -1.12. The van der Waals surface area contributed by atoms with E-state index in [1.807, 2.05) is 0 Å². The van der Waals surface area contributed by atoms with Gasteiger partial charge in [0, 0.05) is 35.3 Å². The molecule has 5 nitrogen and oxygen atoms in total. The number of pyridine rings is 1. The minimum absolute atomic E-state index is 0.184. The van der Waals surface area contributed by atoms with Crippen LogP contribution in [0, 0.1) is 5.82 Å². The zero-order valence-corrected chi connectivity index (χ0v) is 19.7. The summed E-state index contributed by atoms with van der Waals surface area (Å²) in [6, 6.07) is 8.53. The quantitative estimate of drug-likeness (QED) is 0.553. The van der Waals surface area contributed by atoms with Gasteiger partial charge in [-0.1, -0.05) is 18.6 Å². The Morgan fingerprint density at radius 1 is 1.22 bits per heavy atom. The van der Waals surface area contributed by atoms with Gasteiger partial charge < -0.3 is 10.8 Å². The summed E-state index contributed by atoms with van der Waals surface area (Å²) in [6.07, 6.45) is 4.46. The van der Waals surface area contributed by atoms with Gasteiger partial charge in [-0.05, 0) is 61.9 Å². The van der Waals surface area contributed by atoms with E-state index in [9.17, 15) is 13.7 Å². The molecule has 8 heteroatoms. The number of rotatable bonds is 5. The van der Waals surface area contributed by atoms with Crippen molar-refractivity contribution >= 4 is 38.0 Å². The molecular formula is C24H28FN3O2S2. The van der Waals surface area contributed by atoms with Crippen LogP contribution in [0.25, 0.3) is 21.3 Å². The van der Waals surface area contributed by atoms with Gasteiger partial charge in [0.05, 0.1) is 16.5 Å². The van der Waals surface area contributed by atoms with Crippen LogP contribution in [0.2, 0.25) is 0 Å². The molecule has 2 atom stereocenters. The second-order valence-corrected chi connectivity index (χ2v) is 11.8. The SMILES string of the molecule is CC(O)N1CCC(c2cc(-c3ccc(F)cc3)c3c(N)c(S(=O)C4CCC4)sc3n2)CC1. The van der Waals surface area contributed by atoms with E-state index in [1.165, 1.54) is 23.5 Å². The number of fused-ring (bicyclic) bond motifs is 1. The molecule has 32 heavy (non-hydrogen) atoms. The van der Waals surface area contributed by atoms with Crippen LogP contribution in [0.4, 0.5) is 10.1 Å². The van der Waals surface area contributed by atoms with Crippen LogP contribution in [0.1, 0.15) is 50.6 Å². The van der Waals surface area contributed by atoms with Crippen molar-refractivity contribution in [2.24, 2.45) is 0 Å². The Morgan fingerprint density at radius 2 is 1.91 bits per heavy atom. The Kier molecular flexibility index (Phi) is 6.05. The van der Waals surface area contributed by atoms with Crippen molar-refractivity contribution in [2.45, 2.75) is 60.6 Å². The van der Waals surface area contributed by atoms with Crippen molar-refractivity contribution in [1.29, 1.82) is 0 Å². The Hall–Kier alpha value is -1.87. The summed E-state index contributed by atoms with van der Waals surface area (Å²) in [5.41, 5.74) is 9.92. The van der Waals surface area contributed by atoms with Gasteiger partial charge in [-0.3, -0.25) is 9.11 Å². The highest BCUT2D eigenvalue weighted by Gasteiger charge is 2.30. The maximum absolute atomic E-state index is 13.6. The number of thiophene rings is 1. The van der Waals surface area contributed by atoms with E-state index in [4.69, 9.17) is 10.7 Å². The van der Waals surface area contributed by atoms with Crippen LogP contribution >= 0.6 is 11.3 Å². The molecule has 1 aliphatic heterocycles. The van der Waals surface area contributed by atoms with Crippen molar-refractivity contribution in [1.82, 2.24) is 9.88 Å². The summed E-state index contributed by atoms with van der Waals surface area (Å²) in [5.74, 6) is -0.00709. The summed E-state index contributed by atoms with van der Waals surface area (Å²) in [6.45, 7) is 3.43. The van der Waals surface area contributed by atoms with Crippen LogP contribution in [-0.4, -0.2) is 43.8 Å². The van der Waals surface area contributed by atoms with Gasteiger partial charge in [-0.15, -0.1) is 11.3 Å². The van der Waals surface area contributed by atoms with Gasteiger partial charge in [0.1, 0.15) is 21.1 Å². The number of nitrogen functional groups attached to an aromatic ring is 1. The van der Waals surface area contributed by atoms with Crippen molar-refractivity contribution in [3.8, 4) is 11.1 Å². The maximum atomic E-state index is 13.6. The van der Waals surface area contributed by atoms with E-state index in [0.717, 1.165) is 76.4 Å². The number of nitrogens with zero attached hydrogens (tertiary/aromatic N) is 2. The van der Waals surface area contributed by atoms with Gasteiger partial charge in [0.2, 0.25) is 0 Å². The molecule has 170 valence electrons. The second-order valence-electron chi connectivity index (χ2n) is 8.88. The molecule has 0 spiro atoms. The largest absolute Gasteiger partial charge is 0.396 e. The molecule has 3 heterocycles. The molecule has 2 aliphatic rings.